The van der Waals surface area contributed by atoms with Crippen molar-refractivity contribution in [3.8, 4) is 18.2 Å². The summed E-state index contributed by atoms with van der Waals surface area (Å²) in [6.45, 7) is 5.99. The van der Waals surface area contributed by atoms with Crippen molar-refractivity contribution in [1.29, 1.82) is 15.8 Å². The molecule has 0 radical (unpaired) electrons. The SMILES string of the molecule is CCN(CC)c1ccc(C(C#N)C(C#N)C#N)cc1. The summed E-state index contributed by atoms with van der Waals surface area (Å²) in [5.74, 6) is -1.62. The summed E-state index contributed by atoms with van der Waals surface area (Å²) < 4.78 is 0. The molecule has 0 aliphatic carbocycles. The topological polar surface area (TPSA) is 74.6 Å². The Bertz CT molecular complexity index is 509. The first-order valence-corrected chi connectivity index (χ1v) is 6.25. The predicted molar refractivity (Wildman–Crippen MR) is 73.1 cm³/mol. The van der Waals surface area contributed by atoms with Crippen molar-refractivity contribution in [1.82, 2.24) is 0 Å². The Labute approximate surface area is 114 Å². The molecule has 0 N–H and O–H groups in total. The molecule has 0 aliphatic heterocycles. The Morgan fingerprint density at radius 1 is 0.947 bits per heavy atom. The summed E-state index contributed by atoms with van der Waals surface area (Å²) in [6, 6.07) is 13.3. The van der Waals surface area contributed by atoms with E-state index in [4.69, 9.17) is 15.8 Å². The minimum absolute atomic E-state index is 0.694. The third-order valence-corrected chi connectivity index (χ3v) is 3.13. The molecule has 19 heavy (non-hydrogen) atoms. The van der Waals surface area contributed by atoms with Gasteiger partial charge in [-0.3, -0.25) is 0 Å². The lowest BCUT2D eigenvalue weighted by Crippen LogP contribution is -2.21. The Morgan fingerprint density at radius 2 is 1.47 bits per heavy atom. The van der Waals surface area contributed by atoms with Crippen molar-refractivity contribution in [3.63, 3.8) is 0 Å². The number of hydrogen-bond donors (Lipinski definition) is 0. The van der Waals surface area contributed by atoms with Crippen LogP contribution in [0.4, 0.5) is 5.69 Å². The molecule has 1 rings (SSSR count). The molecule has 0 heterocycles. The zero-order chi connectivity index (χ0) is 14.3. The van der Waals surface area contributed by atoms with E-state index in [0.29, 0.717) is 5.56 Å². The molecule has 0 fully saturated rings. The molecule has 0 aliphatic rings. The van der Waals surface area contributed by atoms with Crippen LogP contribution in [0.5, 0.6) is 0 Å². The lowest BCUT2D eigenvalue weighted by molar-refractivity contribution is 0.744. The largest absolute Gasteiger partial charge is 0.372 e. The monoisotopic (exact) mass is 252 g/mol. The maximum Gasteiger partial charge on any atom is 0.153 e. The molecule has 1 aromatic rings. The Hall–Kier alpha value is -2.51. The van der Waals surface area contributed by atoms with Gasteiger partial charge in [0.1, 0.15) is 5.92 Å². The lowest BCUT2D eigenvalue weighted by atomic mass is 9.89. The van der Waals surface area contributed by atoms with E-state index in [1.165, 1.54) is 0 Å². The first-order valence-electron chi connectivity index (χ1n) is 6.25. The predicted octanol–water partition coefficient (Wildman–Crippen LogP) is 2.80. The summed E-state index contributed by atoms with van der Waals surface area (Å²) in [6.07, 6.45) is 0. The average Bonchev–Trinajstić information content (AvgIpc) is 2.47. The molecule has 0 bridgehead atoms. The van der Waals surface area contributed by atoms with Gasteiger partial charge >= 0.3 is 0 Å². The minimum atomic E-state index is -0.927. The van der Waals surface area contributed by atoms with Crippen LogP contribution in [0, 0.1) is 39.9 Å². The van der Waals surface area contributed by atoms with E-state index < -0.39 is 11.8 Å². The number of rotatable bonds is 5. The van der Waals surface area contributed by atoms with Crippen molar-refractivity contribution in [2.24, 2.45) is 5.92 Å². The summed E-state index contributed by atoms with van der Waals surface area (Å²) in [5, 5.41) is 26.9. The van der Waals surface area contributed by atoms with Gasteiger partial charge in [0.05, 0.1) is 18.2 Å². The molecule has 0 saturated carbocycles. The van der Waals surface area contributed by atoms with Gasteiger partial charge < -0.3 is 4.90 Å². The highest BCUT2D eigenvalue weighted by Gasteiger charge is 2.22. The van der Waals surface area contributed by atoms with Gasteiger partial charge in [0, 0.05) is 18.8 Å². The van der Waals surface area contributed by atoms with Crippen molar-refractivity contribution in [3.05, 3.63) is 29.8 Å². The van der Waals surface area contributed by atoms with Crippen molar-refractivity contribution >= 4 is 5.69 Å². The van der Waals surface area contributed by atoms with Crippen LogP contribution in [0.1, 0.15) is 25.3 Å². The summed E-state index contributed by atoms with van der Waals surface area (Å²) in [7, 11) is 0. The molecule has 0 amide bonds. The maximum atomic E-state index is 9.12. The normalized spacial score (nSPS) is 11.2. The average molecular weight is 252 g/mol. The van der Waals surface area contributed by atoms with E-state index in [2.05, 4.69) is 18.7 Å². The Morgan fingerprint density at radius 3 is 1.84 bits per heavy atom. The van der Waals surface area contributed by atoms with Crippen molar-refractivity contribution in [2.75, 3.05) is 18.0 Å². The fraction of sp³-hybridized carbons (Fsp3) is 0.400. The molecule has 4 nitrogen and oxygen atoms in total. The first kappa shape index (κ1) is 14.6. The van der Waals surface area contributed by atoms with Crippen LogP contribution in [-0.2, 0) is 0 Å². The molecule has 1 aromatic carbocycles. The van der Waals surface area contributed by atoms with Crippen LogP contribution in [-0.4, -0.2) is 13.1 Å². The van der Waals surface area contributed by atoms with E-state index in [1.807, 2.05) is 42.5 Å². The number of anilines is 1. The van der Waals surface area contributed by atoms with E-state index >= 15 is 0 Å². The van der Waals surface area contributed by atoms with E-state index in [-0.39, 0.29) is 0 Å². The third-order valence-electron chi connectivity index (χ3n) is 3.13. The molecule has 1 unspecified atom stereocenters. The fourth-order valence-electron chi connectivity index (χ4n) is 2.00. The highest BCUT2D eigenvalue weighted by atomic mass is 15.1. The zero-order valence-electron chi connectivity index (χ0n) is 11.2. The first-order chi connectivity index (χ1) is 9.21. The van der Waals surface area contributed by atoms with E-state index in [1.54, 1.807) is 0 Å². The molecule has 4 heteroatoms. The quantitative estimate of drug-likeness (QED) is 0.807. The second kappa shape index (κ2) is 7.04. The Balaban J connectivity index is 3.02. The molecule has 96 valence electrons. The summed E-state index contributed by atoms with van der Waals surface area (Å²) in [5.41, 5.74) is 1.79. The van der Waals surface area contributed by atoms with Gasteiger partial charge in [-0.1, -0.05) is 12.1 Å². The highest BCUT2D eigenvalue weighted by Crippen LogP contribution is 2.25. The number of nitriles is 3. The Kier molecular flexibility index (Phi) is 5.39. The van der Waals surface area contributed by atoms with Crippen LogP contribution >= 0.6 is 0 Å². The van der Waals surface area contributed by atoms with E-state index in [9.17, 15) is 0 Å². The second-order valence-electron chi connectivity index (χ2n) is 4.11. The lowest BCUT2D eigenvalue weighted by Gasteiger charge is -2.21. The van der Waals surface area contributed by atoms with Gasteiger partial charge in [0.15, 0.2) is 5.92 Å². The van der Waals surface area contributed by atoms with Crippen LogP contribution in [0.3, 0.4) is 0 Å². The maximum absolute atomic E-state index is 9.12. The molecule has 1 atom stereocenters. The molecular weight excluding hydrogens is 236 g/mol. The van der Waals surface area contributed by atoms with Crippen LogP contribution in [0.2, 0.25) is 0 Å². The van der Waals surface area contributed by atoms with Crippen LogP contribution in [0.25, 0.3) is 0 Å². The van der Waals surface area contributed by atoms with Gasteiger partial charge in [0.2, 0.25) is 0 Å². The number of nitrogens with zero attached hydrogens (tertiary/aromatic N) is 4. The summed E-state index contributed by atoms with van der Waals surface area (Å²) in [4.78, 5) is 2.19. The van der Waals surface area contributed by atoms with Crippen LogP contribution in [0.15, 0.2) is 24.3 Å². The van der Waals surface area contributed by atoms with Crippen molar-refractivity contribution < 1.29 is 0 Å². The number of benzene rings is 1. The molecule has 0 spiro atoms. The number of hydrogen-bond acceptors (Lipinski definition) is 4. The van der Waals surface area contributed by atoms with Crippen LogP contribution < -0.4 is 4.90 Å². The molecular formula is C15H16N4. The van der Waals surface area contributed by atoms with Gasteiger partial charge in [0.25, 0.3) is 0 Å². The van der Waals surface area contributed by atoms with E-state index in [0.717, 1.165) is 18.8 Å². The van der Waals surface area contributed by atoms with Gasteiger partial charge in [-0.15, -0.1) is 0 Å². The molecule has 0 aromatic heterocycles. The second-order valence-corrected chi connectivity index (χ2v) is 4.11. The minimum Gasteiger partial charge on any atom is -0.372 e. The van der Waals surface area contributed by atoms with Gasteiger partial charge in [-0.25, -0.2) is 0 Å². The van der Waals surface area contributed by atoms with Gasteiger partial charge in [-0.05, 0) is 31.5 Å². The third kappa shape index (κ3) is 3.24. The van der Waals surface area contributed by atoms with Crippen molar-refractivity contribution in [2.45, 2.75) is 19.8 Å². The van der Waals surface area contributed by atoms with Gasteiger partial charge in [-0.2, -0.15) is 15.8 Å². The summed E-state index contributed by atoms with van der Waals surface area (Å²) >= 11 is 0. The highest BCUT2D eigenvalue weighted by molar-refractivity contribution is 5.49. The molecule has 0 saturated heterocycles. The zero-order valence-corrected chi connectivity index (χ0v) is 11.2. The fourth-order valence-corrected chi connectivity index (χ4v) is 2.00. The standard InChI is InChI=1S/C15H16N4/c1-3-19(4-2)14-7-5-12(6-8-14)15(11-18)13(9-16)10-17/h5-8,13,15H,3-4H2,1-2H3. The smallest absolute Gasteiger partial charge is 0.153 e.